The number of aromatic nitrogens is 4. The van der Waals surface area contributed by atoms with Gasteiger partial charge in [-0.3, -0.25) is 9.97 Å². The van der Waals surface area contributed by atoms with Crippen molar-refractivity contribution >= 4 is 22.5 Å². The molecule has 7 nitrogen and oxygen atoms in total. The molecule has 26 heavy (non-hydrogen) atoms. The SMILES string of the molecule is N#Cc1ccncc1-c1cccc(Nc2[nH]c(=O)nc3ncccc23)c1. The number of benzene rings is 1. The second kappa shape index (κ2) is 6.45. The van der Waals surface area contributed by atoms with E-state index in [-0.39, 0.29) is 0 Å². The lowest BCUT2D eigenvalue weighted by molar-refractivity contribution is 1.10. The number of aromatic amines is 1. The third-order valence-electron chi connectivity index (χ3n) is 3.88. The van der Waals surface area contributed by atoms with E-state index in [0.29, 0.717) is 22.4 Å². The van der Waals surface area contributed by atoms with E-state index in [2.05, 4.69) is 31.3 Å². The number of fused-ring (bicyclic) bond motifs is 1. The number of pyridine rings is 2. The van der Waals surface area contributed by atoms with Crippen molar-refractivity contribution in [1.82, 2.24) is 19.9 Å². The van der Waals surface area contributed by atoms with Gasteiger partial charge in [0.15, 0.2) is 5.65 Å². The smallest absolute Gasteiger partial charge is 0.341 e. The normalized spacial score (nSPS) is 10.4. The van der Waals surface area contributed by atoms with Gasteiger partial charge in [0.05, 0.1) is 17.0 Å². The van der Waals surface area contributed by atoms with Crippen molar-refractivity contribution in [3.63, 3.8) is 0 Å². The fourth-order valence-corrected chi connectivity index (χ4v) is 2.71. The molecule has 1 aromatic carbocycles. The number of nitriles is 1. The Morgan fingerprint density at radius 2 is 2.04 bits per heavy atom. The van der Waals surface area contributed by atoms with E-state index in [9.17, 15) is 10.1 Å². The van der Waals surface area contributed by atoms with Crippen molar-refractivity contribution in [2.75, 3.05) is 5.32 Å². The van der Waals surface area contributed by atoms with Gasteiger partial charge in [0.2, 0.25) is 0 Å². The van der Waals surface area contributed by atoms with E-state index in [0.717, 1.165) is 16.8 Å². The number of hydrogen-bond donors (Lipinski definition) is 2. The first kappa shape index (κ1) is 15.5. The lowest BCUT2D eigenvalue weighted by atomic mass is 10.0. The van der Waals surface area contributed by atoms with Crippen LogP contribution in [0.5, 0.6) is 0 Å². The molecule has 0 radical (unpaired) electrons. The first-order chi connectivity index (χ1) is 12.7. The van der Waals surface area contributed by atoms with Crippen LogP contribution < -0.4 is 11.0 Å². The van der Waals surface area contributed by atoms with Crippen LogP contribution in [0.4, 0.5) is 11.5 Å². The lowest BCUT2D eigenvalue weighted by Gasteiger charge is -2.10. The molecule has 3 aromatic heterocycles. The van der Waals surface area contributed by atoms with Crippen molar-refractivity contribution in [2.24, 2.45) is 0 Å². The van der Waals surface area contributed by atoms with E-state index in [1.807, 2.05) is 30.3 Å². The predicted molar refractivity (Wildman–Crippen MR) is 97.8 cm³/mol. The van der Waals surface area contributed by atoms with Gasteiger partial charge in [0.25, 0.3) is 0 Å². The fourth-order valence-electron chi connectivity index (χ4n) is 2.71. The summed E-state index contributed by atoms with van der Waals surface area (Å²) >= 11 is 0. The topological polar surface area (TPSA) is 107 Å². The van der Waals surface area contributed by atoms with Crippen LogP contribution in [0, 0.1) is 11.3 Å². The third kappa shape index (κ3) is 2.87. The molecule has 0 saturated heterocycles. The Kier molecular flexibility index (Phi) is 3.84. The Labute approximate surface area is 148 Å². The van der Waals surface area contributed by atoms with Crippen molar-refractivity contribution < 1.29 is 0 Å². The number of H-pyrrole nitrogens is 1. The summed E-state index contributed by atoms with van der Waals surface area (Å²) in [5.41, 5.74) is 2.78. The van der Waals surface area contributed by atoms with Gasteiger partial charge in [-0.25, -0.2) is 9.78 Å². The van der Waals surface area contributed by atoms with Crippen LogP contribution in [0.3, 0.4) is 0 Å². The highest BCUT2D eigenvalue weighted by atomic mass is 16.1. The molecule has 0 aliphatic heterocycles. The molecule has 3 heterocycles. The van der Waals surface area contributed by atoms with Crippen LogP contribution in [0.15, 0.2) is 65.8 Å². The molecule has 4 aromatic rings. The quantitative estimate of drug-likeness (QED) is 0.593. The van der Waals surface area contributed by atoms with Gasteiger partial charge in [0, 0.05) is 29.8 Å². The second-order valence-corrected chi connectivity index (χ2v) is 5.53. The number of anilines is 2. The summed E-state index contributed by atoms with van der Waals surface area (Å²) in [6, 6.07) is 15.0. The molecule has 7 heteroatoms. The molecule has 4 rings (SSSR count). The van der Waals surface area contributed by atoms with Gasteiger partial charge < -0.3 is 5.32 Å². The molecular formula is C19H12N6O. The van der Waals surface area contributed by atoms with Gasteiger partial charge >= 0.3 is 5.69 Å². The maximum absolute atomic E-state index is 11.8. The van der Waals surface area contributed by atoms with E-state index < -0.39 is 5.69 Å². The predicted octanol–water partition coefficient (Wildman–Crippen LogP) is 3.00. The van der Waals surface area contributed by atoms with Crippen LogP contribution in [-0.4, -0.2) is 19.9 Å². The minimum Gasteiger partial charge on any atom is -0.341 e. The molecule has 0 bridgehead atoms. The van der Waals surface area contributed by atoms with Crippen LogP contribution in [0.1, 0.15) is 5.56 Å². The van der Waals surface area contributed by atoms with Crippen LogP contribution in [-0.2, 0) is 0 Å². The van der Waals surface area contributed by atoms with E-state index in [1.54, 1.807) is 30.7 Å². The summed E-state index contributed by atoms with van der Waals surface area (Å²) in [4.78, 5) is 26.5. The standard InChI is InChI=1S/C19H12N6O/c20-10-13-6-8-21-11-16(13)12-3-1-4-14(9-12)23-18-15-5-2-7-22-17(15)24-19(26)25-18/h1-9,11H,(H2,22,23,24,25,26). The largest absolute Gasteiger partial charge is 0.348 e. The summed E-state index contributed by atoms with van der Waals surface area (Å²) in [7, 11) is 0. The van der Waals surface area contributed by atoms with Crippen LogP contribution >= 0.6 is 0 Å². The Hall–Kier alpha value is -4.05. The van der Waals surface area contributed by atoms with Gasteiger partial charge in [-0.15, -0.1) is 0 Å². The van der Waals surface area contributed by atoms with Crippen molar-refractivity contribution in [2.45, 2.75) is 0 Å². The Morgan fingerprint density at radius 1 is 1.12 bits per heavy atom. The molecule has 0 aliphatic rings. The lowest BCUT2D eigenvalue weighted by Crippen LogP contribution is -2.13. The maximum Gasteiger partial charge on any atom is 0.348 e. The van der Waals surface area contributed by atoms with Gasteiger partial charge in [-0.2, -0.15) is 10.2 Å². The monoisotopic (exact) mass is 340 g/mol. The average molecular weight is 340 g/mol. The average Bonchev–Trinajstić information content (AvgIpc) is 2.68. The van der Waals surface area contributed by atoms with Crippen LogP contribution in [0.25, 0.3) is 22.2 Å². The molecular weight excluding hydrogens is 328 g/mol. The zero-order chi connectivity index (χ0) is 17.9. The van der Waals surface area contributed by atoms with Crippen molar-refractivity contribution in [3.05, 3.63) is 77.1 Å². The fraction of sp³-hybridized carbons (Fsp3) is 0. The van der Waals surface area contributed by atoms with Crippen molar-refractivity contribution in [3.8, 4) is 17.2 Å². The molecule has 0 fully saturated rings. The molecule has 0 unspecified atom stereocenters. The molecule has 0 amide bonds. The first-order valence-electron chi connectivity index (χ1n) is 7.81. The third-order valence-corrected chi connectivity index (χ3v) is 3.88. The van der Waals surface area contributed by atoms with Gasteiger partial charge in [-0.1, -0.05) is 12.1 Å². The van der Waals surface area contributed by atoms with Crippen molar-refractivity contribution in [1.29, 1.82) is 5.26 Å². The van der Waals surface area contributed by atoms with Crippen LogP contribution in [0.2, 0.25) is 0 Å². The highest BCUT2D eigenvalue weighted by molar-refractivity contribution is 5.88. The zero-order valence-electron chi connectivity index (χ0n) is 13.5. The molecule has 0 saturated carbocycles. The molecule has 0 spiro atoms. The number of nitrogens with one attached hydrogen (secondary N) is 2. The maximum atomic E-state index is 11.8. The van der Waals surface area contributed by atoms with E-state index in [4.69, 9.17) is 0 Å². The van der Waals surface area contributed by atoms with Gasteiger partial charge in [-0.05, 0) is 35.9 Å². The highest BCUT2D eigenvalue weighted by Crippen LogP contribution is 2.27. The molecule has 2 N–H and O–H groups in total. The van der Waals surface area contributed by atoms with Gasteiger partial charge in [0.1, 0.15) is 5.82 Å². The minimum absolute atomic E-state index is 0.369. The number of hydrogen-bond acceptors (Lipinski definition) is 6. The Morgan fingerprint density at radius 3 is 2.92 bits per heavy atom. The van der Waals surface area contributed by atoms with E-state index >= 15 is 0 Å². The molecule has 0 aliphatic carbocycles. The molecule has 124 valence electrons. The summed E-state index contributed by atoms with van der Waals surface area (Å²) < 4.78 is 0. The zero-order valence-corrected chi connectivity index (χ0v) is 13.5. The Bertz CT molecular complexity index is 1210. The first-order valence-corrected chi connectivity index (χ1v) is 7.81. The summed E-state index contributed by atoms with van der Waals surface area (Å²) in [5.74, 6) is 0.511. The second-order valence-electron chi connectivity index (χ2n) is 5.53. The summed E-state index contributed by atoms with van der Waals surface area (Å²) in [5, 5.41) is 13.2. The van der Waals surface area contributed by atoms with E-state index in [1.165, 1.54) is 0 Å². The number of rotatable bonds is 3. The Balaban J connectivity index is 1.78. The summed E-state index contributed by atoms with van der Waals surface area (Å²) in [6.07, 6.45) is 4.83. The highest BCUT2D eigenvalue weighted by Gasteiger charge is 2.08. The summed E-state index contributed by atoms with van der Waals surface area (Å²) in [6.45, 7) is 0. The molecule has 0 atom stereocenters. The minimum atomic E-state index is -0.478. The number of nitrogens with zero attached hydrogens (tertiary/aromatic N) is 4.